The maximum Gasteiger partial charge on any atom is 0.228 e. The molecule has 1 aliphatic rings. The fourth-order valence-corrected chi connectivity index (χ4v) is 2.93. The number of ether oxygens (including phenoxy) is 2. The third-order valence-corrected chi connectivity index (χ3v) is 4.14. The van der Waals surface area contributed by atoms with Gasteiger partial charge in [0.1, 0.15) is 0 Å². The normalized spacial score (nSPS) is 12.8. The monoisotopic (exact) mass is 326 g/mol. The lowest BCUT2D eigenvalue weighted by Gasteiger charge is -2.18. The summed E-state index contributed by atoms with van der Waals surface area (Å²) < 4.78 is 10.5. The van der Waals surface area contributed by atoms with Crippen LogP contribution in [-0.4, -0.2) is 26.7 Å². The molecule has 2 aromatic carbocycles. The van der Waals surface area contributed by atoms with Crippen molar-refractivity contribution in [2.24, 2.45) is 0 Å². The van der Waals surface area contributed by atoms with Gasteiger partial charge in [0.2, 0.25) is 5.91 Å². The van der Waals surface area contributed by atoms with Crippen LogP contribution in [0.4, 0.5) is 11.4 Å². The smallest absolute Gasteiger partial charge is 0.228 e. The number of fused-ring (bicyclic) bond motifs is 1. The molecule has 24 heavy (non-hydrogen) atoms. The first kappa shape index (κ1) is 16.2. The van der Waals surface area contributed by atoms with Crippen molar-refractivity contribution in [3.05, 3.63) is 47.5 Å². The van der Waals surface area contributed by atoms with Crippen molar-refractivity contribution in [2.45, 2.75) is 19.3 Å². The fraction of sp³-hybridized carbons (Fsp3) is 0.316. The highest BCUT2D eigenvalue weighted by molar-refractivity contribution is 5.92. The lowest BCUT2D eigenvalue weighted by atomic mass is 10.0. The lowest BCUT2D eigenvalue weighted by Crippen LogP contribution is -2.16. The number of rotatable bonds is 5. The summed E-state index contributed by atoms with van der Waals surface area (Å²) in [7, 11) is 3.18. The number of anilines is 2. The third kappa shape index (κ3) is 3.62. The molecule has 0 saturated carbocycles. The van der Waals surface area contributed by atoms with Crippen molar-refractivity contribution < 1.29 is 14.3 Å². The van der Waals surface area contributed by atoms with Crippen LogP contribution in [-0.2, 0) is 17.6 Å². The van der Waals surface area contributed by atoms with Crippen molar-refractivity contribution in [3.63, 3.8) is 0 Å². The zero-order valence-corrected chi connectivity index (χ0v) is 14.0. The Kier molecular flexibility index (Phi) is 4.89. The van der Waals surface area contributed by atoms with E-state index in [1.165, 1.54) is 11.3 Å². The Bertz CT molecular complexity index is 700. The molecule has 3 rings (SSSR count). The van der Waals surface area contributed by atoms with Crippen LogP contribution in [0.3, 0.4) is 0 Å². The first-order chi connectivity index (χ1) is 11.7. The third-order valence-electron chi connectivity index (χ3n) is 4.14. The van der Waals surface area contributed by atoms with Crippen LogP contribution in [0.5, 0.6) is 11.5 Å². The molecule has 1 heterocycles. The van der Waals surface area contributed by atoms with Gasteiger partial charge in [-0.1, -0.05) is 6.07 Å². The Morgan fingerprint density at radius 2 is 1.96 bits per heavy atom. The van der Waals surface area contributed by atoms with Gasteiger partial charge >= 0.3 is 0 Å². The summed E-state index contributed by atoms with van der Waals surface area (Å²) >= 11 is 0. The molecule has 0 aromatic heterocycles. The number of amides is 1. The molecule has 126 valence electrons. The van der Waals surface area contributed by atoms with Gasteiger partial charge in [-0.25, -0.2) is 0 Å². The number of carbonyl (C=O) groups is 1. The van der Waals surface area contributed by atoms with E-state index in [1.807, 2.05) is 36.4 Å². The molecular formula is C19H22N2O3. The van der Waals surface area contributed by atoms with E-state index in [2.05, 4.69) is 10.6 Å². The molecule has 0 atom stereocenters. The number of nitrogens with one attached hydrogen (secondary N) is 2. The topological polar surface area (TPSA) is 59.6 Å². The fourth-order valence-electron chi connectivity index (χ4n) is 2.93. The van der Waals surface area contributed by atoms with Crippen molar-refractivity contribution in [1.82, 2.24) is 0 Å². The molecule has 0 spiro atoms. The van der Waals surface area contributed by atoms with Crippen molar-refractivity contribution in [3.8, 4) is 11.5 Å². The van der Waals surface area contributed by atoms with E-state index in [9.17, 15) is 4.79 Å². The molecule has 5 nitrogen and oxygen atoms in total. The molecule has 0 fully saturated rings. The van der Waals surface area contributed by atoms with Gasteiger partial charge in [0.25, 0.3) is 0 Å². The molecule has 5 heteroatoms. The average molecular weight is 326 g/mol. The van der Waals surface area contributed by atoms with Crippen molar-refractivity contribution >= 4 is 17.3 Å². The number of benzene rings is 2. The van der Waals surface area contributed by atoms with Gasteiger partial charge in [0.05, 0.1) is 20.6 Å². The van der Waals surface area contributed by atoms with E-state index >= 15 is 0 Å². The maximum absolute atomic E-state index is 12.3. The van der Waals surface area contributed by atoms with Gasteiger partial charge in [-0.3, -0.25) is 4.79 Å². The first-order valence-electron chi connectivity index (χ1n) is 8.07. The number of carbonyl (C=O) groups excluding carboxylic acids is 1. The average Bonchev–Trinajstić information content (AvgIpc) is 2.61. The highest BCUT2D eigenvalue weighted by Crippen LogP contribution is 2.28. The Morgan fingerprint density at radius 1 is 1.12 bits per heavy atom. The lowest BCUT2D eigenvalue weighted by molar-refractivity contribution is -0.115. The molecule has 0 saturated heterocycles. The summed E-state index contributed by atoms with van der Waals surface area (Å²) in [5.74, 6) is 1.23. The van der Waals surface area contributed by atoms with Crippen LogP contribution in [0.1, 0.15) is 17.5 Å². The predicted molar refractivity (Wildman–Crippen MR) is 95.1 cm³/mol. The highest BCUT2D eigenvalue weighted by atomic mass is 16.5. The van der Waals surface area contributed by atoms with Gasteiger partial charge < -0.3 is 20.1 Å². The zero-order valence-electron chi connectivity index (χ0n) is 14.0. The maximum atomic E-state index is 12.3. The van der Waals surface area contributed by atoms with E-state index in [0.29, 0.717) is 11.5 Å². The van der Waals surface area contributed by atoms with Crippen LogP contribution >= 0.6 is 0 Å². The van der Waals surface area contributed by atoms with E-state index in [-0.39, 0.29) is 12.3 Å². The molecule has 1 aliphatic heterocycles. The standard InChI is InChI=1S/C19H22N2O3/c1-23-17-8-5-13(10-18(17)24-2)11-19(22)21-15-6-7-16-14(12-15)4-3-9-20-16/h5-8,10,12,20H,3-4,9,11H2,1-2H3,(H,21,22). The molecule has 0 aliphatic carbocycles. The minimum atomic E-state index is -0.0501. The van der Waals surface area contributed by atoms with Crippen LogP contribution < -0.4 is 20.1 Å². The van der Waals surface area contributed by atoms with E-state index in [0.717, 1.165) is 30.6 Å². The summed E-state index contributed by atoms with van der Waals surface area (Å²) in [6.45, 7) is 1.01. The number of hydrogen-bond acceptors (Lipinski definition) is 4. The minimum Gasteiger partial charge on any atom is -0.493 e. The molecule has 0 radical (unpaired) electrons. The summed E-state index contributed by atoms with van der Waals surface area (Å²) in [6, 6.07) is 11.5. The summed E-state index contributed by atoms with van der Waals surface area (Å²) in [6.07, 6.45) is 2.45. The Labute approximate surface area is 142 Å². The zero-order chi connectivity index (χ0) is 16.9. The van der Waals surface area contributed by atoms with E-state index in [4.69, 9.17) is 9.47 Å². The molecule has 0 bridgehead atoms. The van der Waals surface area contributed by atoms with Crippen LogP contribution in [0.2, 0.25) is 0 Å². The van der Waals surface area contributed by atoms with Gasteiger partial charge in [0, 0.05) is 17.9 Å². The quantitative estimate of drug-likeness (QED) is 0.885. The van der Waals surface area contributed by atoms with Gasteiger partial charge in [-0.15, -0.1) is 0 Å². The van der Waals surface area contributed by atoms with Crippen LogP contribution in [0, 0.1) is 0 Å². The summed E-state index contributed by atoms with van der Waals surface area (Å²) in [4.78, 5) is 12.3. The van der Waals surface area contributed by atoms with Crippen molar-refractivity contribution in [2.75, 3.05) is 31.4 Å². The van der Waals surface area contributed by atoms with E-state index in [1.54, 1.807) is 14.2 Å². The SMILES string of the molecule is COc1ccc(CC(=O)Nc2ccc3c(c2)CCCN3)cc1OC. The van der Waals surface area contributed by atoms with Gasteiger partial charge in [0.15, 0.2) is 11.5 Å². The van der Waals surface area contributed by atoms with Gasteiger partial charge in [-0.2, -0.15) is 0 Å². The summed E-state index contributed by atoms with van der Waals surface area (Å²) in [5, 5.41) is 6.34. The second-order valence-electron chi connectivity index (χ2n) is 5.82. The predicted octanol–water partition coefficient (Wildman–Crippen LogP) is 3.24. The molecule has 1 amide bonds. The number of aryl methyl sites for hydroxylation is 1. The molecule has 0 unspecified atom stereocenters. The number of methoxy groups -OCH3 is 2. The Balaban J connectivity index is 1.67. The highest BCUT2D eigenvalue weighted by Gasteiger charge is 2.11. The molecule has 2 aromatic rings. The number of hydrogen-bond donors (Lipinski definition) is 2. The second-order valence-corrected chi connectivity index (χ2v) is 5.82. The Morgan fingerprint density at radius 3 is 2.75 bits per heavy atom. The first-order valence-corrected chi connectivity index (χ1v) is 8.07. The van der Waals surface area contributed by atoms with Crippen LogP contribution in [0.15, 0.2) is 36.4 Å². The van der Waals surface area contributed by atoms with E-state index < -0.39 is 0 Å². The Hall–Kier alpha value is -2.69. The van der Waals surface area contributed by atoms with Crippen LogP contribution in [0.25, 0.3) is 0 Å². The van der Waals surface area contributed by atoms with Crippen molar-refractivity contribution in [1.29, 1.82) is 0 Å². The second kappa shape index (κ2) is 7.25. The summed E-state index contributed by atoms with van der Waals surface area (Å²) in [5.41, 5.74) is 4.14. The van der Waals surface area contributed by atoms with Gasteiger partial charge in [-0.05, 0) is 54.3 Å². The minimum absolute atomic E-state index is 0.0501. The molecular weight excluding hydrogens is 304 g/mol. The molecule has 2 N–H and O–H groups in total. The largest absolute Gasteiger partial charge is 0.493 e.